The van der Waals surface area contributed by atoms with Crippen molar-refractivity contribution in [3.63, 3.8) is 0 Å². The summed E-state index contributed by atoms with van der Waals surface area (Å²) >= 11 is 0. The molecule has 25 heavy (non-hydrogen) atoms. The molecule has 2 heterocycles. The van der Waals surface area contributed by atoms with Crippen LogP contribution < -0.4 is 0 Å². The van der Waals surface area contributed by atoms with Crippen LogP contribution in [-0.4, -0.2) is 21.9 Å². The minimum absolute atomic E-state index is 0.539. The van der Waals surface area contributed by atoms with Crippen LogP contribution in [-0.2, 0) is 6.42 Å². The third-order valence-electron chi connectivity index (χ3n) is 4.82. The Morgan fingerprint density at radius 1 is 1.12 bits per heavy atom. The number of nitrogens with one attached hydrogen (secondary N) is 1. The average molecular weight is 330 g/mol. The number of fused-ring (bicyclic) bond motifs is 3. The molecule has 0 fully saturated rings. The zero-order valence-corrected chi connectivity index (χ0v) is 14.7. The van der Waals surface area contributed by atoms with Crippen molar-refractivity contribution >= 4 is 22.8 Å². The van der Waals surface area contributed by atoms with Gasteiger partial charge in [0.05, 0.1) is 17.6 Å². The molecule has 0 saturated heterocycles. The van der Waals surface area contributed by atoms with E-state index in [-0.39, 0.29) is 0 Å². The molecule has 126 valence electrons. The van der Waals surface area contributed by atoms with Crippen molar-refractivity contribution in [1.82, 2.24) is 9.97 Å². The lowest BCUT2D eigenvalue weighted by atomic mass is 9.92. The summed E-state index contributed by atoms with van der Waals surface area (Å²) in [6.07, 6.45) is 8.49. The topological polar surface area (TPSA) is 53.4 Å². The fraction of sp³-hybridized carbons (Fsp3) is 0.286. The number of benzene rings is 1. The first-order chi connectivity index (χ1) is 12.2. The van der Waals surface area contributed by atoms with Gasteiger partial charge < -0.3 is 4.98 Å². The molecular weight excluding hydrogens is 308 g/mol. The van der Waals surface area contributed by atoms with E-state index in [4.69, 9.17) is 0 Å². The predicted octanol–water partition coefficient (Wildman–Crippen LogP) is 4.85. The fourth-order valence-electron chi connectivity index (χ4n) is 3.40. The Bertz CT molecular complexity index is 949. The summed E-state index contributed by atoms with van der Waals surface area (Å²) in [7, 11) is 0. The van der Waals surface area contributed by atoms with Crippen LogP contribution in [0.15, 0.2) is 52.9 Å². The third kappa shape index (κ3) is 3.12. The second-order valence-corrected chi connectivity index (χ2v) is 6.86. The summed E-state index contributed by atoms with van der Waals surface area (Å²) in [5.41, 5.74) is 7.19. The number of aryl methyl sites for hydroxylation is 1. The second-order valence-electron chi connectivity index (χ2n) is 6.86. The zero-order chi connectivity index (χ0) is 17.2. The largest absolute Gasteiger partial charge is 0.353 e. The Hall–Kier alpha value is -2.75. The van der Waals surface area contributed by atoms with Gasteiger partial charge in [-0.25, -0.2) is 0 Å². The molecule has 3 aromatic rings. The molecule has 2 aromatic heterocycles. The Morgan fingerprint density at radius 3 is 2.76 bits per heavy atom. The highest BCUT2D eigenvalue weighted by Gasteiger charge is 2.21. The first kappa shape index (κ1) is 15.8. The summed E-state index contributed by atoms with van der Waals surface area (Å²) in [4.78, 5) is 7.58. The summed E-state index contributed by atoms with van der Waals surface area (Å²) in [6, 6.07) is 10.6. The van der Waals surface area contributed by atoms with E-state index in [1.54, 1.807) is 18.6 Å². The number of aromatic amines is 1. The van der Waals surface area contributed by atoms with Gasteiger partial charge >= 0.3 is 0 Å². The lowest BCUT2D eigenvalue weighted by molar-refractivity contribution is 0.836. The molecule has 0 aliphatic heterocycles. The van der Waals surface area contributed by atoms with Crippen molar-refractivity contribution < 1.29 is 0 Å². The maximum absolute atomic E-state index is 4.51. The van der Waals surface area contributed by atoms with Gasteiger partial charge in [0.25, 0.3) is 0 Å². The molecule has 0 radical (unpaired) electrons. The standard InChI is InChI=1S/C21H22N4/c1-14(2)16-6-7-19-18(12-16)17-4-3-5-20(21(17)24-19)25-23-13-15-8-10-22-11-9-15/h6-14,24H,3-5H2,1-2H3/b23-13-,25-20+. The van der Waals surface area contributed by atoms with Crippen LogP contribution in [0.3, 0.4) is 0 Å². The van der Waals surface area contributed by atoms with Crippen LogP contribution in [0, 0.1) is 0 Å². The van der Waals surface area contributed by atoms with Crippen LogP contribution in [0.5, 0.6) is 0 Å². The Kier molecular flexibility index (Phi) is 4.18. The van der Waals surface area contributed by atoms with Gasteiger partial charge in [-0.2, -0.15) is 10.2 Å². The number of rotatable bonds is 3. The van der Waals surface area contributed by atoms with Crippen LogP contribution in [0.2, 0.25) is 0 Å². The molecule has 4 nitrogen and oxygen atoms in total. The summed E-state index contributed by atoms with van der Waals surface area (Å²) in [6.45, 7) is 4.47. The van der Waals surface area contributed by atoms with E-state index in [1.807, 2.05) is 12.1 Å². The van der Waals surface area contributed by atoms with Gasteiger partial charge in [0.15, 0.2) is 0 Å². The molecule has 1 aliphatic rings. The molecule has 1 N–H and O–H groups in total. The van der Waals surface area contributed by atoms with Gasteiger partial charge in [-0.1, -0.05) is 19.9 Å². The Morgan fingerprint density at radius 2 is 1.96 bits per heavy atom. The van der Waals surface area contributed by atoms with Crippen molar-refractivity contribution in [3.8, 4) is 0 Å². The maximum atomic E-state index is 4.51. The highest BCUT2D eigenvalue weighted by atomic mass is 15.2. The highest BCUT2D eigenvalue weighted by Crippen LogP contribution is 2.31. The summed E-state index contributed by atoms with van der Waals surface area (Å²) in [5, 5.41) is 10.1. The van der Waals surface area contributed by atoms with Gasteiger partial charge in [0.2, 0.25) is 0 Å². The summed E-state index contributed by atoms with van der Waals surface area (Å²) in [5.74, 6) is 0.539. The first-order valence-corrected chi connectivity index (χ1v) is 8.87. The Balaban J connectivity index is 1.71. The monoisotopic (exact) mass is 330 g/mol. The van der Waals surface area contributed by atoms with Crippen molar-refractivity contribution in [3.05, 3.63) is 65.1 Å². The number of aromatic nitrogens is 2. The number of pyridine rings is 1. The summed E-state index contributed by atoms with van der Waals surface area (Å²) < 4.78 is 0. The van der Waals surface area contributed by atoms with Gasteiger partial charge in [-0.15, -0.1) is 0 Å². The lowest BCUT2D eigenvalue weighted by Crippen LogP contribution is -2.10. The molecular formula is C21H22N4. The van der Waals surface area contributed by atoms with E-state index >= 15 is 0 Å². The van der Waals surface area contributed by atoms with Crippen molar-refractivity contribution in [2.45, 2.75) is 39.0 Å². The normalized spacial score (nSPS) is 16.2. The molecule has 0 unspecified atom stereocenters. The highest BCUT2D eigenvalue weighted by molar-refractivity contribution is 6.06. The molecule has 0 spiro atoms. The van der Waals surface area contributed by atoms with Crippen LogP contribution in [0.1, 0.15) is 55.0 Å². The van der Waals surface area contributed by atoms with Gasteiger partial charge in [-0.05, 0) is 66.1 Å². The van der Waals surface area contributed by atoms with E-state index < -0.39 is 0 Å². The molecule has 4 rings (SSSR count). The molecule has 0 amide bonds. The number of H-pyrrole nitrogens is 1. The van der Waals surface area contributed by atoms with E-state index in [0.717, 1.165) is 36.2 Å². The van der Waals surface area contributed by atoms with E-state index in [0.29, 0.717) is 5.92 Å². The molecule has 1 aliphatic carbocycles. The smallest absolute Gasteiger partial charge is 0.0867 e. The quantitative estimate of drug-likeness (QED) is 0.542. The number of hydrogen-bond donors (Lipinski definition) is 1. The second kappa shape index (κ2) is 6.63. The van der Waals surface area contributed by atoms with Gasteiger partial charge in [0, 0.05) is 23.3 Å². The van der Waals surface area contributed by atoms with E-state index in [9.17, 15) is 0 Å². The van der Waals surface area contributed by atoms with Gasteiger partial charge in [-0.3, -0.25) is 4.98 Å². The maximum Gasteiger partial charge on any atom is 0.0867 e. The van der Waals surface area contributed by atoms with Crippen LogP contribution >= 0.6 is 0 Å². The minimum atomic E-state index is 0.539. The van der Waals surface area contributed by atoms with E-state index in [2.05, 4.69) is 52.2 Å². The van der Waals surface area contributed by atoms with Crippen molar-refractivity contribution in [1.29, 1.82) is 0 Å². The third-order valence-corrected chi connectivity index (χ3v) is 4.82. The average Bonchev–Trinajstić information content (AvgIpc) is 3.01. The van der Waals surface area contributed by atoms with Crippen LogP contribution in [0.4, 0.5) is 0 Å². The fourth-order valence-corrected chi connectivity index (χ4v) is 3.40. The van der Waals surface area contributed by atoms with E-state index in [1.165, 1.54) is 22.0 Å². The van der Waals surface area contributed by atoms with Crippen LogP contribution in [0.25, 0.3) is 10.9 Å². The molecule has 4 heteroatoms. The van der Waals surface area contributed by atoms with Crippen molar-refractivity contribution in [2.24, 2.45) is 10.2 Å². The number of hydrogen-bond acceptors (Lipinski definition) is 3. The van der Waals surface area contributed by atoms with Crippen molar-refractivity contribution in [2.75, 3.05) is 0 Å². The SMILES string of the molecule is CC(C)c1ccc2[nH]c3c(c2c1)CCC/C3=N\N=C/c1ccncc1. The first-order valence-electron chi connectivity index (χ1n) is 8.87. The zero-order valence-electron chi connectivity index (χ0n) is 14.7. The van der Waals surface area contributed by atoms with Gasteiger partial charge in [0.1, 0.15) is 0 Å². The molecule has 0 atom stereocenters. The number of nitrogens with zero attached hydrogens (tertiary/aromatic N) is 3. The predicted molar refractivity (Wildman–Crippen MR) is 104 cm³/mol. The minimum Gasteiger partial charge on any atom is -0.353 e. The lowest BCUT2D eigenvalue weighted by Gasteiger charge is -2.13. The Labute approximate surface area is 147 Å². The molecule has 1 aromatic carbocycles. The molecule has 0 bridgehead atoms. The molecule has 0 saturated carbocycles.